The smallest absolute Gasteiger partial charge is 0.330 e. The second-order valence-electron chi connectivity index (χ2n) is 3.27. The van der Waals surface area contributed by atoms with E-state index >= 15 is 0 Å². The van der Waals surface area contributed by atoms with E-state index < -0.39 is 0 Å². The van der Waals surface area contributed by atoms with Crippen molar-refractivity contribution in [3.8, 4) is 0 Å². The molecule has 3 nitrogen and oxygen atoms in total. The van der Waals surface area contributed by atoms with Gasteiger partial charge in [0.15, 0.2) is 0 Å². The first-order valence-corrected chi connectivity index (χ1v) is 4.91. The number of hydrogen-bond donors (Lipinski definition) is 0. The van der Waals surface area contributed by atoms with Gasteiger partial charge in [-0.3, -0.25) is 4.98 Å². The lowest BCUT2D eigenvalue weighted by molar-refractivity contribution is -0.134. The van der Waals surface area contributed by atoms with Crippen LogP contribution in [0.4, 0.5) is 0 Å². The summed E-state index contributed by atoms with van der Waals surface area (Å²) in [5, 5.41) is 2.12. The van der Waals surface area contributed by atoms with Gasteiger partial charge in [0.25, 0.3) is 0 Å². The number of hydrogen-bond acceptors (Lipinski definition) is 3. The largest absolute Gasteiger partial charge is 0.466 e. The number of rotatable bonds is 2. The number of ether oxygens (including phenoxy) is 1. The average Bonchev–Trinajstić information content (AvgIpc) is 2.35. The molecule has 0 aliphatic carbocycles. The van der Waals surface area contributed by atoms with Gasteiger partial charge in [-0.2, -0.15) is 0 Å². The Bertz CT molecular complexity index is 541. The van der Waals surface area contributed by atoms with Gasteiger partial charge in [0.2, 0.25) is 0 Å². The first-order chi connectivity index (χ1) is 7.81. The number of carbonyl (C=O) groups is 1. The second kappa shape index (κ2) is 4.57. The van der Waals surface area contributed by atoms with Crippen LogP contribution >= 0.6 is 0 Å². The Labute approximate surface area is 93.4 Å². The van der Waals surface area contributed by atoms with Gasteiger partial charge in [0.05, 0.1) is 12.8 Å². The Morgan fingerprint density at radius 3 is 2.94 bits per heavy atom. The molecule has 0 saturated heterocycles. The van der Waals surface area contributed by atoms with Crippen molar-refractivity contribution in [3.05, 3.63) is 48.3 Å². The Morgan fingerprint density at radius 1 is 1.31 bits per heavy atom. The fourth-order valence-corrected chi connectivity index (χ4v) is 1.49. The highest BCUT2D eigenvalue weighted by atomic mass is 16.5. The summed E-state index contributed by atoms with van der Waals surface area (Å²) < 4.78 is 4.53. The molecule has 2 aromatic rings. The van der Waals surface area contributed by atoms with Gasteiger partial charge in [-0.15, -0.1) is 0 Å². The molecule has 0 aliphatic heterocycles. The molecule has 0 atom stereocenters. The summed E-state index contributed by atoms with van der Waals surface area (Å²) >= 11 is 0. The van der Waals surface area contributed by atoms with Crippen LogP contribution in [-0.4, -0.2) is 18.1 Å². The molecule has 16 heavy (non-hydrogen) atoms. The van der Waals surface area contributed by atoms with Crippen molar-refractivity contribution < 1.29 is 9.53 Å². The van der Waals surface area contributed by atoms with Crippen molar-refractivity contribution >= 4 is 22.8 Å². The molecule has 2 rings (SSSR count). The fourth-order valence-electron chi connectivity index (χ4n) is 1.49. The van der Waals surface area contributed by atoms with E-state index in [0.29, 0.717) is 0 Å². The molecule has 80 valence electrons. The summed E-state index contributed by atoms with van der Waals surface area (Å²) in [6.07, 6.45) is 4.75. The van der Waals surface area contributed by atoms with Crippen molar-refractivity contribution in [2.24, 2.45) is 0 Å². The summed E-state index contributed by atoms with van der Waals surface area (Å²) in [4.78, 5) is 15.2. The third kappa shape index (κ3) is 2.08. The summed E-state index contributed by atoms with van der Waals surface area (Å²) in [5.41, 5.74) is 0.767. The van der Waals surface area contributed by atoms with Crippen LogP contribution in [0.2, 0.25) is 0 Å². The SMILES string of the molecule is COC(=O)/C=C/c1nccc2ccccc12. The number of esters is 1. The van der Waals surface area contributed by atoms with Gasteiger partial charge in [-0.05, 0) is 17.5 Å². The first kappa shape index (κ1) is 10.4. The summed E-state index contributed by atoms with van der Waals surface area (Å²) in [5.74, 6) is -0.380. The van der Waals surface area contributed by atoms with E-state index in [1.54, 1.807) is 12.3 Å². The molecular weight excluding hydrogens is 202 g/mol. The first-order valence-electron chi connectivity index (χ1n) is 4.91. The van der Waals surface area contributed by atoms with Crippen molar-refractivity contribution in [1.29, 1.82) is 0 Å². The van der Waals surface area contributed by atoms with Crippen LogP contribution in [0.25, 0.3) is 16.8 Å². The number of pyridine rings is 1. The molecule has 0 bridgehead atoms. The molecule has 0 amide bonds. The van der Waals surface area contributed by atoms with E-state index in [9.17, 15) is 4.79 Å². The number of fused-ring (bicyclic) bond motifs is 1. The van der Waals surface area contributed by atoms with Crippen LogP contribution in [0.5, 0.6) is 0 Å². The van der Waals surface area contributed by atoms with E-state index in [2.05, 4.69) is 9.72 Å². The molecule has 0 aliphatic rings. The molecule has 0 unspecified atom stereocenters. The van der Waals surface area contributed by atoms with E-state index in [1.807, 2.05) is 30.3 Å². The lowest BCUT2D eigenvalue weighted by atomic mass is 10.1. The second-order valence-corrected chi connectivity index (χ2v) is 3.27. The highest BCUT2D eigenvalue weighted by molar-refractivity contribution is 5.93. The van der Waals surface area contributed by atoms with Gasteiger partial charge in [-0.25, -0.2) is 4.79 Å². The van der Waals surface area contributed by atoms with Crippen LogP contribution in [0.3, 0.4) is 0 Å². The molecule has 0 saturated carbocycles. The van der Waals surface area contributed by atoms with E-state index in [0.717, 1.165) is 16.5 Å². The predicted molar refractivity (Wildman–Crippen MR) is 62.8 cm³/mol. The Morgan fingerprint density at radius 2 is 2.12 bits per heavy atom. The number of aromatic nitrogens is 1. The Balaban J connectivity index is 2.45. The van der Waals surface area contributed by atoms with Crippen molar-refractivity contribution in [2.45, 2.75) is 0 Å². The quantitative estimate of drug-likeness (QED) is 0.568. The molecule has 0 fully saturated rings. The molecular formula is C13H11NO2. The Kier molecular flexibility index (Phi) is 2.96. The maximum atomic E-state index is 11.0. The molecule has 0 N–H and O–H groups in total. The predicted octanol–water partition coefficient (Wildman–Crippen LogP) is 2.42. The van der Waals surface area contributed by atoms with Crippen LogP contribution in [-0.2, 0) is 9.53 Å². The normalized spacial score (nSPS) is 10.8. The number of nitrogens with zero attached hydrogens (tertiary/aromatic N) is 1. The summed E-state index contributed by atoms with van der Waals surface area (Å²) in [6.45, 7) is 0. The molecule has 1 aromatic heterocycles. The zero-order valence-corrected chi connectivity index (χ0v) is 8.88. The van der Waals surface area contributed by atoms with E-state index in [-0.39, 0.29) is 5.97 Å². The van der Waals surface area contributed by atoms with Crippen molar-refractivity contribution in [1.82, 2.24) is 4.98 Å². The molecule has 0 spiro atoms. The zero-order chi connectivity index (χ0) is 11.4. The standard InChI is InChI=1S/C13H11NO2/c1-16-13(15)7-6-12-11-5-3-2-4-10(11)8-9-14-12/h2-9H,1H3/b7-6+. The lowest BCUT2D eigenvalue weighted by Gasteiger charge is -2.00. The number of carbonyl (C=O) groups excluding carboxylic acids is 1. The van der Waals surface area contributed by atoms with Gasteiger partial charge in [0, 0.05) is 17.7 Å². The van der Waals surface area contributed by atoms with Gasteiger partial charge in [-0.1, -0.05) is 24.3 Å². The highest BCUT2D eigenvalue weighted by Crippen LogP contribution is 2.17. The van der Waals surface area contributed by atoms with Crippen LogP contribution in [0, 0.1) is 0 Å². The minimum atomic E-state index is -0.380. The topological polar surface area (TPSA) is 39.2 Å². The van der Waals surface area contributed by atoms with Crippen LogP contribution in [0.1, 0.15) is 5.69 Å². The van der Waals surface area contributed by atoms with E-state index in [4.69, 9.17) is 0 Å². The van der Waals surface area contributed by atoms with Crippen molar-refractivity contribution in [3.63, 3.8) is 0 Å². The van der Waals surface area contributed by atoms with Gasteiger partial charge in [0.1, 0.15) is 0 Å². The summed E-state index contributed by atoms with van der Waals surface area (Å²) in [7, 11) is 1.35. The third-order valence-corrected chi connectivity index (χ3v) is 2.28. The highest BCUT2D eigenvalue weighted by Gasteiger charge is 1.98. The number of methoxy groups -OCH3 is 1. The monoisotopic (exact) mass is 213 g/mol. The molecule has 0 radical (unpaired) electrons. The fraction of sp³-hybridized carbons (Fsp3) is 0.0769. The maximum Gasteiger partial charge on any atom is 0.330 e. The summed E-state index contributed by atoms with van der Waals surface area (Å²) in [6, 6.07) is 9.83. The molecule has 3 heteroatoms. The average molecular weight is 213 g/mol. The lowest BCUT2D eigenvalue weighted by Crippen LogP contribution is -1.94. The van der Waals surface area contributed by atoms with E-state index in [1.165, 1.54) is 13.2 Å². The number of benzene rings is 1. The third-order valence-electron chi connectivity index (χ3n) is 2.28. The van der Waals surface area contributed by atoms with Crippen molar-refractivity contribution in [2.75, 3.05) is 7.11 Å². The maximum absolute atomic E-state index is 11.0. The van der Waals surface area contributed by atoms with Gasteiger partial charge >= 0.3 is 5.97 Å². The van der Waals surface area contributed by atoms with Crippen LogP contribution < -0.4 is 0 Å². The van der Waals surface area contributed by atoms with Gasteiger partial charge < -0.3 is 4.74 Å². The van der Waals surface area contributed by atoms with Crippen LogP contribution in [0.15, 0.2) is 42.6 Å². The molecule has 1 aromatic carbocycles. The minimum absolute atomic E-state index is 0.380. The minimum Gasteiger partial charge on any atom is -0.466 e. The Hall–Kier alpha value is -2.16. The zero-order valence-electron chi connectivity index (χ0n) is 8.88. The molecule has 1 heterocycles.